The third-order valence-electron chi connectivity index (χ3n) is 2.57. The van der Waals surface area contributed by atoms with E-state index in [4.69, 9.17) is 0 Å². The van der Waals surface area contributed by atoms with Crippen LogP contribution in [0.3, 0.4) is 0 Å². The van der Waals surface area contributed by atoms with Crippen molar-refractivity contribution in [3.8, 4) is 11.8 Å². The van der Waals surface area contributed by atoms with Crippen LogP contribution in [0.2, 0.25) is 0 Å². The second-order valence-corrected chi connectivity index (χ2v) is 3.67. The van der Waals surface area contributed by atoms with Crippen LogP contribution in [0.1, 0.15) is 25.1 Å². The second kappa shape index (κ2) is 4.38. The Morgan fingerprint density at radius 1 is 1.44 bits per heavy atom. The molecule has 1 aromatic heterocycles. The minimum atomic E-state index is -0.612. The van der Waals surface area contributed by atoms with Crippen molar-refractivity contribution in [3.05, 3.63) is 30.0 Å². The van der Waals surface area contributed by atoms with Gasteiger partial charge in [0.05, 0.1) is 11.2 Å². The minimum absolute atomic E-state index is 0.428. The zero-order valence-electron chi connectivity index (χ0n) is 9.44. The second-order valence-electron chi connectivity index (χ2n) is 3.67. The topological polar surface area (TPSA) is 38.1 Å². The number of aromatic nitrogens is 2. The van der Waals surface area contributed by atoms with E-state index in [1.165, 1.54) is 0 Å². The average molecular weight is 214 g/mol. The van der Waals surface area contributed by atoms with E-state index >= 15 is 0 Å². The van der Waals surface area contributed by atoms with Crippen LogP contribution in [0.15, 0.2) is 24.3 Å². The maximum Gasteiger partial charge on any atom is 0.109 e. The van der Waals surface area contributed by atoms with Gasteiger partial charge in [-0.2, -0.15) is 5.10 Å². The molecule has 1 heterocycles. The Kier molecular flexibility index (Phi) is 2.93. The molecule has 0 aliphatic rings. The fraction of sp³-hybridized carbons (Fsp3) is 0.308. The van der Waals surface area contributed by atoms with Crippen molar-refractivity contribution in [3.63, 3.8) is 0 Å². The van der Waals surface area contributed by atoms with Gasteiger partial charge in [-0.15, -0.1) is 11.8 Å². The van der Waals surface area contributed by atoms with E-state index in [9.17, 15) is 5.11 Å². The molecule has 3 heteroatoms. The highest BCUT2D eigenvalue weighted by Gasteiger charge is 2.14. The molecule has 0 amide bonds. The van der Waals surface area contributed by atoms with Gasteiger partial charge in [0.25, 0.3) is 0 Å². The number of aliphatic hydroxyl groups excluding tert-OH is 1. The molecule has 0 aliphatic carbocycles. The number of benzene rings is 1. The third-order valence-corrected chi connectivity index (χ3v) is 2.57. The van der Waals surface area contributed by atoms with Gasteiger partial charge in [-0.1, -0.05) is 18.2 Å². The molecule has 1 unspecified atom stereocenters. The number of aryl methyl sites for hydroxylation is 1. The monoisotopic (exact) mass is 214 g/mol. The van der Waals surface area contributed by atoms with Gasteiger partial charge in [0, 0.05) is 18.9 Å². The normalized spacial score (nSPS) is 12.2. The molecule has 0 radical (unpaired) electrons. The molecule has 82 valence electrons. The highest BCUT2D eigenvalue weighted by atomic mass is 16.3. The number of fused-ring (bicyclic) bond motifs is 1. The molecule has 0 aliphatic heterocycles. The third kappa shape index (κ3) is 1.80. The van der Waals surface area contributed by atoms with Crippen LogP contribution in [0.4, 0.5) is 0 Å². The molecule has 1 N–H and O–H groups in total. The van der Waals surface area contributed by atoms with Gasteiger partial charge < -0.3 is 5.11 Å². The van der Waals surface area contributed by atoms with E-state index in [1.54, 1.807) is 11.6 Å². The van der Waals surface area contributed by atoms with E-state index in [0.717, 1.165) is 10.9 Å². The molecular formula is C13H14N2O. The predicted molar refractivity (Wildman–Crippen MR) is 63.7 cm³/mol. The Labute approximate surface area is 94.7 Å². The van der Waals surface area contributed by atoms with Crippen LogP contribution < -0.4 is 0 Å². The van der Waals surface area contributed by atoms with Gasteiger partial charge in [0.1, 0.15) is 6.10 Å². The summed E-state index contributed by atoms with van der Waals surface area (Å²) >= 11 is 0. The predicted octanol–water partition coefficient (Wildman–Crippen LogP) is 2.02. The van der Waals surface area contributed by atoms with Crippen LogP contribution in [0, 0.1) is 11.8 Å². The molecule has 2 aromatic rings. The molecule has 3 nitrogen and oxygen atoms in total. The first-order valence-corrected chi connectivity index (χ1v) is 5.23. The summed E-state index contributed by atoms with van der Waals surface area (Å²) in [6.07, 6.45) is -0.184. The largest absolute Gasteiger partial charge is 0.386 e. The van der Waals surface area contributed by atoms with Crippen LogP contribution in [-0.4, -0.2) is 14.9 Å². The lowest BCUT2D eigenvalue weighted by Gasteiger charge is -2.02. The Bertz CT molecular complexity index is 560. The van der Waals surface area contributed by atoms with Crippen LogP contribution >= 0.6 is 0 Å². The molecule has 1 atom stereocenters. The molecule has 0 saturated heterocycles. The number of aliphatic hydroxyl groups is 1. The summed E-state index contributed by atoms with van der Waals surface area (Å²) in [5.41, 5.74) is 1.74. The van der Waals surface area contributed by atoms with E-state index in [-0.39, 0.29) is 0 Å². The quantitative estimate of drug-likeness (QED) is 0.777. The Morgan fingerprint density at radius 2 is 2.19 bits per heavy atom. The fourth-order valence-electron chi connectivity index (χ4n) is 1.78. The van der Waals surface area contributed by atoms with Gasteiger partial charge in [-0.3, -0.25) is 4.68 Å². The van der Waals surface area contributed by atoms with Gasteiger partial charge in [0.15, 0.2) is 0 Å². The number of para-hydroxylation sites is 1. The molecule has 16 heavy (non-hydrogen) atoms. The molecule has 0 spiro atoms. The molecule has 0 saturated carbocycles. The smallest absolute Gasteiger partial charge is 0.109 e. The van der Waals surface area contributed by atoms with Crippen molar-refractivity contribution in [1.82, 2.24) is 9.78 Å². The van der Waals surface area contributed by atoms with Crippen molar-refractivity contribution in [2.75, 3.05) is 0 Å². The summed E-state index contributed by atoms with van der Waals surface area (Å²) in [5.74, 6) is 5.65. The fourth-order valence-corrected chi connectivity index (χ4v) is 1.78. The standard InChI is InChI=1S/C13H14N2O/c1-3-4-9-12(16)13-10-7-5-6-8-11(10)15(2)14-13/h5-8,12,16H,9H2,1-2H3. The van der Waals surface area contributed by atoms with Crippen molar-refractivity contribution in [2.24, 2.45) is 7.05 Å². The lowest BCUT2D eigenvalue weighted by atomic mass is 10.1. The molecular weight excluding hydrogens is 200 g/mol. The van der Waals surface area contributed by atoms with Gasteiger partial charge in [-0.25, -0.2) is 0 Å². The summed E-state index contributed by atoms with van der Waals surface area (Å²) < 4.78 is 1.78. The summed E-state index contributed by atoms with van der Waals surface area (Å²) in [4.78, 5) is 0. The maximum absolute atomic E-state index is 9.98. The zero-order chi connectivity index (χ0) is 11.5. The van der Waals surface area contributed by atoms with E-state index in [2.05, 4.69) is 16.9 Å². The van der Waals surface area contributed by atoms with Crippen molar-refractivity contribution in [2.45, 2.75) is 19.4 Å². The Morgan fingerprint density at radius 3 is 2.94 bits per heavy atom. The zero-order valence-corrected chi connectivity index (χ0v) is 9.44. The summed E-state index contributed by atoms with van der Waals surface area (Å²) in [5, 5.41) is 15.3. The molecule has 0 bridgehead atoms. The van der Waals surface area contributed by atoms with Crippen LogP contribution in [0.5, 0.6) is 0 Å². The summed E-state index contributed by atoms with van der Waals surface area (Å²) in [6, 6.07) is 7.88. The summed E-state index contributed by atoms with van der Waals surface area (Å²) in [7, 11) is 1.88. The number of hydrogen-bond acceptors (Lipinski definition) is 2. The van der Waals surface area contributed by atoms with Gasteiger partial charge in [-0.05, 0) is 13.0 Å². The highest BCUT2D eigenvalue weighted by molar-refractivity contribution is 5.82. The number of nitrogens with zero attached hydrogens (tertiary/aromatic N) is 2. The SMILES string of the molecule is CC#CCC(O)c1nn(C)c2ccccc12. The minimum Gasteiger partial charge on any atom is -0.386 e. The van der Waals surface area contributed by atoms with Gasteiger partial charge in [0.2, 0.25) is 0 Å². The number of hydrogen-bond donors (Lipinski definition) is 1. The molecule has 1 aromatic carbocycles. The Balaban J connectivity index is 2.47. The van der Waals surface area contributed by atoms with Crippen LogP contribution in [0.25, 0.3) is 10.9 Å². The summed E-state index contributed by atoms with van der Waals surface area (Å²) in [6.45, 7) is 1.77. The van der Waals surface area contributed by atoms with Crippen LogP contribution in [-0.2, 0) is 7.05 Å². The van der Waals surface area contributed by atoms with Crippen molar-refractivity contribution in [1.29, 1.82) is 0 Å². The Hall–Kier alpha value is -1.79. The van der Waals surface area contributed by atoms with Crippen molar-refractivity contribution >= 4 is 10.9 Å². The first-order valence-electron chi connectivity index (χ1n) is 5.23. The van der Waals surface area contributed by atoms with Gasteiger partial charge >= 0.3 is 0 Å². The molecule has 2 rings (SSSR count). The molecule has 0 fully saturated rings. The number of rotatable bonds is 2. The van der Waals surface area contributed by atoms with E-state index in [0.29, 0.717) is 12.1 Å². The first kappa shape index (κ1) is 10.7. The van der Waals surface area contributed by atoms with E-state index < -0.39 is 6.10 Å². The van der Waals surface area contributed by atoms with Crippen molar-refractivity contribution < 1.29 is 5.11 Å². The maximum atomic E-state index is 9.98. The lowest BCUT2D eigenvalue weighted by Crippen LogP contribution is -1.99. The van der Waals surface area contributed by atoms with E-state index in [1.807, 2.05) is 31.3 Å². The first-order chi connectivity index (χ1) is 7.74. The highest BCUT2D eigenvalue weighted by Crippen LogP contribution is 2.24. The lowest BCUT2D eigenvalue weighted by molar-refractivity contribution is 0.179. The average Bonchev–Trinajstić information content (AvgIpc) is 2.65.